The van der Waals surface area contributed by atoms with Crippen molar-refractivity contribution in [3.05, 3.63) is 64.6 Å². The molecule has 0 saturated carbocycles. The Balaban J connectivity index is 1.77. The van der Waals surface area contributed by atoms with Crippen molar-refractivity contribution in [2.75, 3.05) is 25.2 Å². The predicted molar refractivity (Wildman–Crippen MR) is 152 cm³/mol. The number of anilines is 1. The molecule has 0 aliphatic rings. The van der Waals surface area contributed by atoms with Crippen molar-refractivity contribution < 1.29 is 4.79 Å². The first-order chi connectivity index (χ1) is 14.8. The molecule has 6 nitrogen and oxygen atoms in total. The number of benzene rings is 2. The molecular formula is C21H22I3N5OS. The second-order valence-electron chi connectivity index (χ2n) is 7.13. The summed E-state index contributed by atoms with van der Waals surface area (Å²) in [6.45, 7) is 2.77. The Morgan fingerprint density at radius 3 is 2.39 bits per heavy atom. The molecule has 1 atom stereocenters. The van der Waals surface area contributed by atoms with Gasteiger partial charge in [0.1, 0.15) is 0 Å². The quantitative estimate of drug-likeness (QED) is 0.243. The summed E-state index contributed by atoms with van der Waals surface area (Å²) in [5, 5.41) is 12.6. The fraction of sp³-hybridized carbons (Fsp3) is 0.286. The molecule has 0 unspecified atom stereocenters. The van der Waals surface area contributed by atoms with E-state index >= 15 is 0 Å². The lowest BCUT2D eigenvalue weighted by Gasteiger charge is -2.20. The fourth-order valence-corrected chi connectivity index (χ4v) is 7.43. The highest BCUT2D eigenvalue weighted by Crippen LogP contribution is 2.28. The predicted octanol–water partition coefficient (Wildman–Crippen LogP) is 5.49. The summed E-state index contributed by atoms with van der Waals surface area (Å²) < 4.78 is 5.31. The van der Waals surface area contributed by atoms with Crippen molar-refractivity contribution in [3.8, 4) is 0 Å². The molecule has 1 amide bonds. The Hall–Kier alpha value is -0.450. The van der Waals surface area contributed by atoms with E-state index in [4.69, 9.17) is 0 Å². The lowest BCUT2D eigenvalue weighted by atomic mass is 10.2. The average molecular weight is 773 g/mol. The standard InChI is InChI=1S/C21H22I3N5OS/c1-13(28(2)3)20-26-27-21(29(20)11-14-7-5-4-6-8-14)31-12-18(30)25-19-16(23)9-15(22)10-17(19)24/h4-10,13H,11-12H2,1-3H3,(H,25,30)/t13-/m1/s1. The van der Waals surface area contributed by atoms with Crippen LogP contribution in [0.1, 0.15) is 24.4 Å². The molecule has 3 aromatic rings. The van der Waals surface area contributed by atoms with E-state index in [0.717, 1.165) is 27.4 Å². The topological polar surface area (TPSA) is 63.1 Å². The second kappa shape index (κ2) is 11.6. The number of halogens is 3. The number of amides is 1. The van der Waals surface area contributed by atoms with Crippen LogP contribution < -0.4 is 5.32 Å². The Labute approximate surface area is 227 Å². The number of nitrogens with zero attached hydrogens (tertiary/aromatic N) is 4. The molecule has 0 saturated heterocycles. The first-order valence-electron chi connectivity index (χ1n) is 9.47. The normalized spacial score (nSPS) is 12.2. The number of carbonyl (C=O) groups is 1. The van der Waals surface area contributed by atoms with Gasteiger partial charge in [0.25, 0.3) is 0 Å². The van der Waals surface area contributed by atoms with Gasteiger partial charge in [-0.2, -0.15) is 0 Å². The number of nitrogens with one attached hydrogen (secondary N) is 1. The van der Waals surface area contributed by atoms with E-state index < -0.39 is 0 Å². The maximum Gasteiger partial charge on any atom is 0.234 e. The Kier molecular flexibility index (Phi) is 9.43. The molecule has 1 N–H and O–H groups in total. The molecule has 0 bridgehead atoms. The third-order valence-electron chi connectivity index (χ3n) is 4.68. The summed E-state index contributed by atoms with van der Waals surface area (Å²) >= 11 is 8.21. The Morgan fingerprint density at radius 1 is 1.13 bits per heavy atom. The van der Waals surface area contributed by atoms with E-state index in [1.807, 2.05) is 32.3 Å². The Morgan fingerprint density at radius 2 is 1.77 bits per heavy atom. The minimum absolute atomic E-state index is 0.0569. The van der Waals surface area contributed by atoms with Crippen LogP contribution >= 0.6 is 79.5 Å². The summed E-state index contributed by atoms with van der Waals surface area (Å²) in [5.74, 6) is 1.10. The minimum Gasteiger partial charge on any atom is -0.324 e. The third kappa shape index (κ3) is 6.77. The first-order valence-corrected chi connectivity index (χ1v) is 13.7. The van der Waals surface area contributed by atoms with Gasteiger partial charge in [-0.3, -0.25) is 9.69 Å². The van der Waals surface area contributed by atoms with Crippen LogP contribution in [0.4, 0.5) is 5.69 Å². The van der Waals surface area contributed by atoms with Crippen LogP contribution in [0.2, 0.25) is 0 Å². The molecule has 1 heterocycles. The zero-order valence-electron chi connectivity index (χ0n) is 17.3. The van der Waals surface area contributed by atoms with Gasteiger partial charge in [-0.25, -0.2) is 0 Å². The van der Waals surface area contributed by atoms with Crippen molar-refractivity contribution in [1.29, 1.82) is 0 Å². The van der Waals surface area contributed by atoms with Gasteiger partial charge in [0, 0.05) is 10.7 Å². The van der Waals surface area contributed by atoms with Crippen LogP contribution in [0.25, 0.3) is 0 Å². The molecule has 3 rings (SSSR count). The maximum absolute atomic E-state index is 12.7. The largest absolute Gasteiger partial charge is 0.324 e. The molecule has 0 aliphatic carbocycles. The van der Waals surface area contributed by atoms with Gasteiger partial charge in [-0.15, -0.1) is 10.2 Å². The average Bonchev–Trinajstić information content (AvgIpc) is 3.11. The number of hydrogen-bond donors (Lipinski definition) is 1. The molecule has 10 heteroatoms. The maximum atomic E-state index is 12.7. The van der Waals surface area contributed by atoms with Gasteiger partial charge in [0.05, 0.1) is 24.0 Å². The van der Waals surface area contributed by atoms with Crippen molar-refractivity contribution in [3.63, 3.8) is 0 Å². The minimum atomic E-state index is -0.0569. The van der Waals surface area contributed by atoms with E-state index in [9.17, 15) is 4.79 Å². The van der Waals surface area contributed by atoms with E-state index in [1.165, 1.54) is 17.3 Å². The summed E-state index contributed by atoms with van der Waals surface area (Å²) in [6.07, 6.45) is 0. The van der Waals surface area contributed by atoms with Crippen LogP contribution in [-0.4, -0.2) is 45.4 Å². The van der Waals surface area contributed by atoms with Crippen molar-refractivity contribution >= 4 is 91.1 Å². The van der Waals surface area contributed by atoms with Gasteiger partial charge >= 0.3 is 0 Å². The van der Waals surface area contributed by atoms with E-state index in [2.05, 4.69) is 124 Å². The van der Waals surface area contributed by atoms with Crippen LogP contribution in [0.15, 0.2) is 47.6 Å². The molecule has 0 spiro atoms. The van der Waals surface area contributed by atoms with Crippen LogP contribution in [0, 0.1) is 10.7 Å². The lowest BCUT2D eigenvalue weighted by Crippen LogP contribution is -2.21. The van der Waals surface area contributed by atoms with Crippen LogP contribution in [-0.2, 0) is 11.3 Å². The molecule has 0 aliphatic heterocycles. The highest BCUT2D eigenvalue weighted by molar-refractivity contribution is 14.1. The summed E-state index contributed by atoms with van der Waals surface area (Å²) in [7, 11) is 4.05. The molecule has 2 aromatic carbocycles. The molecule has 0 radical (unpaired) electrons. The monoisotopic (exact) mass is 773 g/mol. The van der Waals surface area contributed by atoms with Crippen LogP contribution in [0.3, 0.4) is 0 Å². The van der Waals surface area contributed by atoms with Gasteiger partial charge in [-0.1, -0.05) is 42.1 Å². The van der Waals surface area contributed by atoms with Gasteiger partial charge in [0.15, 0.2) is 11.0 Å². The zero-order chi connectivity index (χ0) is 22.5. The molecular weight excluding hydrogens is 751 g/mol. The van der Waals surface area contributed by atoms with Crippen LogP contribution in [0.5, 0.6) is 0 Å². The van der Waals surface area contributed by atoms with Gasteiger partial charge in [0.2, 0.25) is 5.91 Å². The Bertz CT molecular complexity index is 1040. The second-order valence-corrected chi connectivity index (χ2v) is 11.6. The number of hydrogen-bond acceptors (Lipinski definition) is 5. The zero-order valence-corrected chi connectivity index (χ0v) is 24.6. The van der Waals surface area contributed by atoms with Gasteiger partial charge < -0.3 is 9.88 Å². The number of aromatic nitrogens is 3. The summed E-state index contributed by atoms with van der Waals surface area (Å²) in [6, 6.07) is 14.5. The van der Waals surface area contributed by atoms with Crippen molar-refractivity contribution in [2.45, 2.75) is 24.7 Å². The smallest absolute Gasteiger partial charge is 0.234 e. The first kappa shape index (κ1) is 25.2. The molecule has 164 valence electrons. The van der Waals surface area contributed by atoms with Crippen molar-refractivity contribution in [2.24, 2.45) is 0 Å². The number of rotatable bonds is 8. The fourth-order valence-electron chi connectivity index (χ4n) is 2.83. The summed E-state index contributed by atoms with van der Waals surface area (Å²) in [5.41, 5.74) is 2.03. The molecule has 1 aromatic heterocycles. The molecule has 0 fully saturated rings. The summed E-state index contributed by atoms with van der Waals surface area (Å²) in [4.78, 5) is 14.8. The lowest BCUT2D eigenvalue weighted by molar-refractivity contribution is -0.113. The van der Waals surface area contributed by atoms with Gasteiger partial charge in [-0.05, 0) is 106 Å². The molecule has 31 heavy (non-hydrogen) atoms. The van der Waals surface area contributed by atoms with Crippen molar-refractivity contribution in [1.82, 2.24) is 19.7 Å². The highest BCUT2D eigenvalue weighted by Gasteiger charge is 2.21. The van der Waals surface area contributed by atoms with E-state index in [1.54, 1.807) is 0 Å². The van der Waals surface area contributed by atoms with E-state index in [-0.39, 0.29) is 17.7 Å². The number of carbonyl (C=O) groups excluding carboxylic acids is 1. The third-order valence-corrected chi connectivity index (χ3v) is 7.97. The highest BCUT2D eigenvalue weighted by atomic mass is 127. The SMILES string of the molecule is C[C@H](c1nnc(SCC(=O)Nc2c(I)cc(I)cc2I)n1Cc1ccccc1)N(C)C. The number of thioether (sulfide) groups is 1. The van der Waals surface area contributed by atoms with E-state index in [0.29, 0.717) is 6.54 Å².